The molecule has 0 radical (unpaired) electrons. The van der Waals surface area contributed by atoms with Crippen LogP contribution in [-0.4, -0.2) is 56.8 Å². The summed E-state index contributed by atoms with van der Waals surface area (Å²) in [6.45, 7) is 3.11. The Labute approximate surface area is 117 Å². The smallest absolute Gasteiger partial charge is 0.320 e. The molecule has 0 spiro atoms. The van der Waals surface area contributed by atoms with Gasteiger partial charge >= 0.3 is 12.0 Å². The van der Waals surface area contributed by atoms with Crippen LogP contribution in [0.5, 0.6) is 0 Å². The van der Waals surface area contributed by atoms with Gasteiger partial charge in [-0.25, -0.2) is 4.79 Å². The molecule has 2 heterocycles. The Bertz CT molecular complexity index is 513. The minimum absolute atomic E-state index is 0.0109. The molecule has 0 bridgehead atoms. The minimum Gasteiger partial charge on any atom is -0.481 e. The van der Waals surface area contributed by atoms with Gasteiger partial charge in [-0.2, -0.15) is 5.10 Å². The van der Waals surface area contributed by atoms with E-state index in [0.29, 0.717) is 13.1 Å². The number of carboxylic acids is 1. The van der Waals surface area contributed by atoms with E-state index in [0.717, 1.165) is 5.56 Å². The van der Waals surface area contributed by atoms with Gasteiger partial charge in [0.05, 0.1) is 18.7 Å². The predicted molar refractivity (Wildman–Crippen MR) is 71.9 cm³/mol. The van der Waals surface area contributed by atoms with Gasteiger partial charge in [0.1, 0.15) is 0 Å². The van der Waals surface area contributed by atoms with Gasteiger partial charge in [-0.3, -0.25) is 9.48 Å². The molecule has 1 aliphatic rings. The third-order valence-corrected chi connectivity index (χ3v) is 3.70. The number of rotatable bonds is 3. The second kappa shape index (κ2) is 5.52. The Morgan fingerprint density at radius 3 is 2.70 bits per heavy atom. The third kappa shape index (κ3) is 2.92. The van der Waals surface area contributed by atoms with E-state index in [-0.39, 0.29) is 18.5 Å². The predicted octanol–water partition coefficient (Wildman–Crippen LogP) is 0.624. The van der Waals surface area contributed by atoms with E-state index < -0.39 is 11.9 Å². The molecule has 110 valence electrons. The van der Waals surface area contributed by atoms with Gasteiger partial charge < -0.3 is 14.9 Å². The van der Waals surface area contributed by atoms with Gasteiger partial charge in [0.25, 0.3) is 0 Å². The standard InChI is InChI=1S/C13H20N4O3/c1-9-5-17(8-11(9)12(18)19)13(20)15(2)6-10-4-14-16(3)7-10/h4,7,9,11H,5-6,8H2,1-3H3,(H,18,19)/t9-,11-/m1/s1. The number of aliphatic carboxylic acids is 1. The van der Waals surface area contributed by atoms with Gasteiger partial charge in [0.15, 0.2) is 0 Å². The third-order valence-electron chi connectivity index (χ3n) is 3.70. The lowest BCUT2D eigenvalue weighted by Gasteiger charge is -2.24. The maximum atomic E-state index is 12.3. The number of hydrogen-bond donors (Lipinski definition) is 1. The van der Waals surface area contributed by atoms with Gasteiger partial charge in [0.2, 0.25) is 0 Å². The summed E-state index contributed by atoms with van der Waals surface area (Å²) in [5.74, 6) is -1.31. The molecule has 1 N–H and O–H groups in total. The normalized spacial score (nSPS) is 22.1. The average Bonchev–Trinajstić information content (AvgIpc) is 2.94. The SMILES string of the molecule is C[C@@H]1CN(C(=O)N(C)Cc2cnn(C)c2)C[C@H]1C(=O)O. The number of carbonyl (C=O) groups is 2. The van der Waals surface area contributed by atoms with Gasteiger partial charge in [-0.05, 0) is 5.92 Å². The highest BCUT2D eigenvalue weighted by atomic mass is 16.4. The number of hydrogen-bond acceptors (Lipinski definition) is 3. The van der Waals surface area contributed by atoms with Crippen molar-refractivity contribution in [1.82, 2.24) is 19.6 Å². The zero-order valence-corrected chi connectivity index (χ0v) is 12.0. The molecule has 0 saturated carbocycles. The lowest BCUT2D eigenvalue weighted by Crippen LogP contribution is -2.39. The molecular weight excluding hydrogens is 260 g/mol. The second-order valence-corrected chi connectivity index (χ2v) is 5.49. The summed E-state index contributed by atoms with van der Waals surface area (Å²) in [5, 5.41) is 13.2. The molecule has 1 saturated heterocycles. The Kier molecular flexibility index (Phi) is 3.96. The highest BCUT2D eigenvalue weighted by molar-refractivity contribution is 5.77. The number of carbonyl (C=O) groups excluding carboxylic acids is 1. The maximum absolute atomic E-state index is 12.3. The number of amides is 2. The van der Waals surface area contributed by atoms with Crippen LogP contribution in [0.2, 0.25) is 0 Å². The molecule has 2 amide bonds. The number of aryl methyl sites for hydroxylation is 1. The van der Waals surface area contributed by atoms with Crippen LogP contribution in [0, 0.1) is 11.8 Å². The Hall–Kier alpha value is -2.05. The molecule has 20 heavy (non-hydrogen) atoms. The van der Waals surface area contributed by atoms with Crippen LogP contribution in [0.4, 0.5) is 4.79 Å². The Morgan fingerprint density at radius 1 is 1.50 bits per heavy atom. The van der Waals surface area contributed by atoms with Crippen LogP contribution < -0.4 is 0 Å². The lowest BCUT2D eigenvalue weighted by atomic mass is 9.99. The Morgan fingerprint density at radius 2 is 2.20 bits per heavy atom. The molecule has 1 aliphatic heterocycles. The zero-order valence-electron chi connectivity index (χ0n) is 12.0. The van der Waals surface area contributed by atoms with Crippen LogP contribution >= 0.6 is 0 Å². The van der Waals surface area contributed by atoms with E-state index in [4.69, 9.17) is 5.11 Å². The van der Waals surface area contributed by atoms with Crippen molar-refractivity contribution in [2.45, 2.75) is 13.5 Å². The molecule has 2 rings (SSSR count). The number of carboxylic acid groups (broad SMARTS) is 1. The van der Waals surface area contributed by atoms with Gasteiger partial charge in [-0.15, -0.1) is 0 Å². The summed E-state index contributed by atoms with van der Waals surface area (Å²) in [7, 11) is 3.54. The summed E-state index contributed by atoms with van der Waals surface area (Å²) in [6.07, 6.45) is 3.58. The number of urea groups is 1. The molecule has 1 aromatic rings. The topological polar surface area (TPSA) is 78.7 Å². The van der Waals surface area contributed by atoms with Crippen molar-refractivity contribution in [3.05, 3.63) is 18.0 Å². The second-order valence-electron chi connectivity index (χ2n) is 5.49. The van der Waals surface area contributed by atoms with Crippen molar-refractivity contribution in [2.75, 3.05) is 20.1 Å². The first-order valence-electron chi connectivity index (χ1n) is 6.59. The number of nitrogens with zero attached hydrogens (tertiary/aromatic N) is 4. The highest BCUT2D eigenvalue weighted by Gasteiger charge is 2.37. The van der Waals surface area contributed by atoms with E-state index in [1.807, 2.05) is 20.2 Å². The molecule has 7 nitrogen and oxygen atoms in total. The van der Waals surface area contributed by atoms with Gasteiger partial charge in [-0.1, -0.05) is 6.92 Å². The average molecular weight is 280 g/mol. The van der Waals surface area contributed by atoms with Crippen molar-refractivity contribution in [2.24, 2.45) is 18.9 Å². The molecular formula is C13H20N4O3. The summed E-state index contributed by atoms with van der Waals surface area (Å²) >= 11 is 0. The molecule has 1 aromatic heterocycles. The highest BCUT2D eigenvalue weighted by Crippen LogP contribution is 2.24. The van der Waals surface area contributed by atoms with Crippen LogP contribution in [0.1, 0.15) is 12.5 Å². The zero-order chi connectivity index (χ0) is 14.9. The number of aromatic nitrogens is 2. The van der Waals surface area contributed by atoms with Gasteiger partial charge in [0, 0.05) is 38.9 Å². The Balaban J connectivity index is 1.96. The minimum atomic E-state index is -0.831. The first-order valence-corrected chi connectivity index (χ1v) is 6.59. The van der Waals surface area contributed by atoms with Crippen LogP contribution in [0.15, 0.2) is 12.4 Å². The summed E-state index contributed by atoms with van der Waals surface area (Å²) in [5.41, 5.74) is 0.949. The fourth-order valence-electron chi connectivity index (χ4n) is 2.58. The van der Waals surface area contributed by atoms with Crippen LogP contribution in [0.3, 0.4) is 0 Å². The van der Waals surface area contributed by atoms with Crippen LogP contribution in [-0.2, 0) is 18.4 Å². The monoisotopic (exact) mass is 280 g/mol. The molecule has 2 atom stereocenters. The maximum Gasteiger partial charge on any atom is 0.320 e. The first kappa shape index (κ1) is 14.4. The lowest BCUT2D eigenvalue weighted by molar-refractivity contribution is -0.142. The summed E-state index contributed by atoms with van der Waals surface area (Å²) in [4.78, 5) is 26.6. The quantitative estimate of drug-likeness (QED) is 0.880. The largest absolute Gasteiger partial charge is 0.481 e. The van der Waals surface area contributed by atoms with Crippen molar-refractivity contribution in [3.8, 4) is 0 Å². The van der Waals surface area contributed by atoms with E-state index >= 15 is 0 Å². The van der Waals surface area contributed by atoms with E-state index in [1.54, 1.807) is 27.7 Å². The fraction of sp³-hybridized carbons (Fsp3) is 0.615. The fourth-order valence-corrected chi connectivity index (χ4v) is 2.58. The van der Waals surface area contributed by atoms with Crippen molar-refractivity contribution in [3.63, 3.8) is 0 Å². The van der Waals surface area contributed by atoms with Crippen molar-refractivity contribution < 1.29 is 14.7 Å². The van der Waals surface area contributed by atoms with E-state index in [1.165, 1.54) is 0 Å². The molecule has 7 heteroatoms. The number of likely N-dealkylation sites (tertiary alicyclic amines) is 1. The molecule has 0 aromatic carbocycles. The van der Waals surface area contributed by atoms with Crippen LogP contribution in [0.25, 0.3) is 0 Å². The summed E-state index contributed by atoms with van der Waals surface area (Å²) < 4.78 is 1.69. The first-order chi connectivity index (χ1) is 9.38. The van der Waals surface area contributed by atoms with Crippen molar-refractivity contribution in [1.29, 1.82) is 0 Å². The van der Waals surface area contributed by atoms with Crippen molar-refractivity contribution >= 4 is 12.0 Å². The van der Waals surface area contributed by atoms with E-state index in [2.05, 4.69) is 5.10 Å². The molecule has 0 aliphatic carbocycles. The summed E-state index contributed by atoms with van der Waals surface area (Å²) in [6, 6.07) is -0.135. The van der Waals surface area contributed by atoms with E-state index in [9.17, 15) is 9.59 Å². The molecule has 1 fully saturated rings. The molecule has 0 unspecified atom stereocenters.